The molecule has 4 saturated carbocycles. The molecule has 0 aromatic heterocycles. The molecule has 0 heterocycles. The Morgan fingerprint density at radius 2 is 1.67 bits per heavy atom. The molecule has 0 aromatic carbocycles. The molecule has 0 saturated heterocycles. The van der Waals surface area contributed by atoms with E-state index < -0.39 is 17.1 Å². The highest BCUT2D eigenvalue weighted by atomic mass is 16.3. The van der Waals surface area contributed by atoms with Gasteiger partial charge >= 0.3 is 0 Å². The van der Waals surface area contributed by atoms with E-state index in [1.165, 1.54) is 0 Å². The van der Waals surface area contributed by atoms with Crippen LogP contribution in [0.5, 0.6) is 0 Å². The van der Waals surface area contributed by atoms with Gasteiger partial charge in [-0.2, -0.15) is 0 Å². The quantitative estimate of drug-likeness (QED) is 0.621. The lowest BCUT2D eigenvalue weighted by atomic mass is 9.39. The molecule has 0 aliphatic heterocycles. The Morgan fingerprint density at radius 1 is 0.917 bits per heavy atom. The molecule has 4 aliphatic rings. The van der Waals surface area contributed by atoms with Crippen molar-refractivity contribution in [1.82, 2.24) is 0 Å². The molecule has 4 aliphatic carbocycles. The largest absolute Gasteiger partial charge is 0.396 e. The fourth-order valence-electron chi connectivity index (χ4n) is 7.93. The zero-order valence-electron chi connectivity index (χ0n) is 15.2. The van der Waals surface area contributed by atoms with Crippen LogP contribution in [0.2, 0.25) is 0 Å². The third-order valence-corrected chi connectivity index (χ3v) is 9.54. The first-order chi connectivity index (χ1) is 11.3. The van der Waals surface area contributed by atoms with Gasteiger partial charge in [-0.05, 0) is 80.0 Å². The van der Waals surface area contributed by atoms with Crippen LogP contribution < -0.4 is 0 Å². The molecule has 4 unspecified atom stereocenters. The van der Waals surface area contributed by atoms with Gasteiger partial charge < -0.3 is 20.4 Å². The lowest BCUT2D eigenvalue weighted by molar-refractivity contribution is -0.216. The molecule has 4 heteroatoms. The van der Waals surface area contributed by atoms with E-state index in [-0.39, 0.29) is 30.0 Å². The van der Waals surface area contributed by atoms with Crippen LogP contribution in [0, 0.1) is 34.0 Å². The summed E-state index contributed by atoms with van der Waals surface area (Å²) in [6, 6.07) is 0. The zero-order chi connectivity index (χ0) is 17.4. The fraction of sp³-hybridized carbons (Fsp3) is 1.00. The molecule has 4 N–H and O–H groups in total. The molecule has 8 atom stereocenters. The van der Waals surface area contributed by atoms with Crippen molar-refractivity contribution in [2.75, 3.05) is 13.2 Å². The van der Waals surface area contributed by atoms with Gasteiger partial charge in [0, 0.05) is 5.41 Å². The molecule has 1 spiro atoms. The molecule has 4 rings (SSSR count). The SMILES string of the molecule is C[C@@]1(CO)C(O)CC[C@@]2(C)C1CCC1CC3C[C@@]12CC[C@]3(O)CO. The van der Waals surface area contributed by atoms with Gasteiger partial charge in [-0.25, -0.2) is 0 Å². The van der Waals surface area contributed by atoms with E-state index in [9.17, 15) is 20.4 Å². The number of rotatable bonds is 2. The number of fused-ring (bicyclic) bond motifs is 2. The van der Waals surface area contributed by atoms with E-state index in [1.807, 2.05) is 0 Å². The van der Waals surface area contributed by atoms with Gasteiger partial charge in [-0.3, -0.25) is 0 Å². The summed E-state index contributed by atoms with van der Waals surface area (Å²) < 4.78 is 0. The van der Waals surface area contributed by atoms with Crippen molar-refractivity contribution in [3.8, 4) is 0 Å². The fourth-order valence-corrected chi connectivity index (χ4v) is 7.93. The lowest BCUT2D eigenvalue weighted by Gasteiger charge is -2.66. The second-order valence-electron chi connectivity index (χ2n) is 10.0. The predicted molar refractivity (Wildman–Crippen MR) is 91.2 cm³/mol. The Hall–Kier alpha value is -0.160. The summed E-state index contributed by atoms with van der Waals surface area (Å²) >= 11 is 0. The summed E-state index contributed by atoms with van der Waals surface area (Å²) in [6.45, 7) is 4.43. The Bertz CT molecular complexity index is 524. The van der Waals surface area contributed by atoms with Crippen molar-refractivity contribution < 1.29 is 20.4 Å². The summed E-state index contributed by atoms with van der Waals surface area (Å²) in [5, 5.41) is 41.3. The van der Waals surface area contributed by atoms with Gasteiger partial charge in [0.2, 0.25) is 0 Å². The van der Waals surface area contributed by atoms with Crippen LogP contribution in [0.25, 0.3) is 0 Å². The molecule has 24 heavy (non-hydrogen) atoms. The van der Waals surface area contributed by atoms with E-state index >= 15 is 0 Å². The van der Waals surface area contributed by atoms with Crippen LogP contribution in [0.1, 0.15) is 65.2 Å². The molecule has 0 amide bonds. The number of hydrogen-bond donors (Lipinski definition) is 4. The smallest absolute Gasteiger partial charge is 0.0905 e. The van der Waals surface area contributed by atoms with Gasteiger partial charge in [-0.15, -0.1) is 0 Å². The van der Waals surface area contributed by atoms with E-state index in [0.29, 0.717) is 18.3 Å². The first-order valence-electron chi connectivity index (χ1n) is 9.88. The van der Waals surface area contributed by atoms with Crippen LogP contribution in [0.15, 0.2) is 0 Å². The third kappa shape index (κ3) is 1.84. The van der Waals surface area contributed by atoms with Gasteiger partial charge in [-0.1, -0.05) is 13.8 Å². The van der Waals surface area contributed by atoms with Gasteiger partial charge in [0.15, 0.2) is 0 Å². The van der Waals surface area contributed by atoms with E-state index in [1.54, 1.807) is 0 Å². The summed E-state index contributed by atoms with van der Waals surface area (Å²) in [5.41, 5.74) is -0.949. The Labute approximate surface area is 145 Å². The molecule has 0 aromatic rings. The third-order valence-electron chi connectivity index (χ3n) is 9.54. The average molecular weight is 338 g/mol. The van der Waals surface area contributed by atoms with Gasteiger partial charge in [0.05, 0.1) is 24.9 Å². The normalized spacial score (nSPS) is 59.8. The minimum absolute atomic E-state index is 0.0547. The Morgan fingerprint density at radius 3 is 2.33 bits per heavy atom. The first-order valence-corrected chi connectivity index (χ1v) is 9.88. The second-order valence-corrected chi connectivity index (χ2v) is 10.0. The number of hydrogen-bond acceptors (Lipinski definition) is 4. The van der Waals surface area contributed by atoms with Crippen molar-refractivity contribution >= 4 is 0 Å². The summed E-state index contributed by atoms with van der Waals surface area (Å²) in [6.07, 6.45) is 7.33. The number of aliphatic hydroxyl groups is 4. The Balaban J connectivity index is 1.74. The van der Waals surface area contributed by atoms with E-state index in [0.717, 1.165) is 44.9 Å². The summed E-state index contributed by atoms with van der Waals surface area (Å²) in [5.74, 6) is 1.18. The highest BCUT2D eigenvalue weighted by molar-refractivity contribution is 5.19. The molecule has 0 radical (unpaired) electrons. The zero-order valence-corrected chi connectivity index (χ0v) is 15.2. The molecule has 2 bridgehead atoms. The number of aliphatic hydroxyl groups excluding tert-OH is 3. The van der Waals surface area contributed by atoms with Crippen molar-refractivity contribution in [3.63, 3.8) is 0 Å². The monoisotopic (exact) mass is 338 g/mol. The van der Waals surface area contributed by atoms with Crippen LogP contribution in [-0.2, 0) is 0 Å². The van der Waals surface area contributed by atoms with Crippen LogP contribution in [0.3, 0.4) is 0 Å². The van der Waals surface area contributed by atoms with Crippen molar-refractivity contribution in [2.45, 2.75) is 76.9 Å². The maximum Gasteiger partial charge on any atom is 0.0905 e. The summed E-state index contributed by atoms with van der Waals surface area (Å²) in [4.78, 5) is 0. The van der Waals surface area contributed by atoms with E-state index in [4.69, 9.17) is 0 Å². The minimum atomic E-state index is -0.886. The lowest BCUT2D eigenvalue weighted by Crippen LogP contribution is -2.63. The molecular formula is C20H34O4. The Kier molecular flexibility index (Phi) is 3.73. The molecule has 4 fully saturated rings. The van der Waals surface area contributed by atoms with Crippen LogP contribution in [-0.4, -0.2) is 45.3 Å². The van der Waals surface area contributed by atoms with Crippen molar-refractivity contribution in [3.05, 3.63) is 0 Å². The van der Waals surface area contributed by atoms with Crippen molar-refractivity contribution in [1.29, 1.82) is 0 Å². The average Bonchev–Trinajstić information content (AvgIpc) is 2.93. The molecular weight excluding hydrogens is 304 g/mol. The highest BCUT2D eigenvalue weighted by Crippen LogP contribution is 2.75. The second kappa shape index (κ2) is 5.18. The minimum Gasteiger partial charge on any atom is -0.396 e. The maximum atomic E-state index is 10.9. The molecule has 4 nitrogen and oxygen atoms in total. The standard InChI is InChI=1S/C20H34O4/c1-17(11-21)15-4-3-13-9-14-10-19(13,7-8-20(14,24)12-22)18(15,2)6-5-16(17)23/h13-16,21-24H,3-12H2,1-2H3/t13?,14?,15?,16?,17-,18-,19-,20-/m0/s1. The van der Waals surface area contributed by atoms with Crippen LogP contribution in [0.4, 0.5) is 0 Å². The first kappa shape index (κ1) is 17.3. The van der Waals surface area contributed by atoms with Crippen LogP contribution >= 0.6 is 0 Å². The van der Waals surface area contributed by atoms with Gasteiger partial charge in [0.25, 0.3) is 0 Å². The molecule has 138 valence electrons. The topological polar surface area (TPSA) is 80.9 Å². The van der Waals surface area contributed by atoms with Crippen molar-refractivity contribution in [2.24, 2.45) is 34.0 Å². The maximum absolute atomic E-state index is 10.9. The van der Waals surface area contributed by atoms with E-state index in [2.05, 4.69) is 13.8 Å². The highest BCUT2D eigenvalue weighted by Gasteiger charge is 2.70. The predicted octanol–water partition coefficient (Wildman–Crippen LogP) is 2.09. The summed E-state index contributed by atoms with van der Waals surface area (Å²) in [7, 11) is 0. The van der Waals surface area contributed by atoms with Gasteiger partial charge in [0.1, 0.15) is 0 Å².